The van der Waals surface area contributed by atoms with E-state index in [0.29, 0.717) is 12.1 Å². The number of amides is 1. The Morgan fingerprint density at radius 2 is 1.56 bits per heavy atom. The lowest BCUT2D eigenvalue weighted by Crippen LogP contribution is -2.48. The van der Waals surface area contributed by atoms with Crippen LogP contribution in [0.2, 0.25) is 0 Å². The number of carbonyl (C=O) groups excluding carboxylic acids is 2. The van der Waals surface area contributed by atoms with Gasteiger partial charge in [0, 0.05) is 12.1 Å². The fraction of sp³-hybridized carbons (Fsp3) is 0.333. The van der Waals surface area contributed by atoms with Crippen LogP contribution >= 0.6 is 0 Å². The summed E-state index contributed by atoms with van der Waals surface area (Å²) in [5, 5.41) is 0. The molecule has 132 valence electrons. The average molecular weight is 339 g/mol. The molecule has 0 bridgehead atoms. The number of benzene rings is 2. The summed E-state index contributed by atoms with van der Waals surface area (Å²) in [5.41, 5.74) is 1.54. The molecule has 0 aliphatic rings. The van der Waals surface area contributed by atoms with Crippen molar-refractivity contribution in [2.45, 2.75) is 32.9 Å². The summed E-state index contributed by atoms with van der Waals surface area (Å²) >= 11 is 0. The number of carbonyl (C=O) groups is 2. The standard InChI is InChI=1S/C21H25NO3/c1-4-16(2)19(21(24)25-3)22(15-17-11-7-5-8-12-17)20(23)18-13-9-6-10-14-18/h5-14,16,19H,4,15H2,1-3H3. The molecule has 4 heteroatoms. The largest absolute Gasteiger partial charge is 0.467 e. The Balaban J connectivity index is 2.42. The van der Waals surface area contributed by atoms with E-state index >= 15 is 0 Å². The Bertz CT molecular complexity index is 685. The molecule has 0 aromatic heterocycles. The van der Waals surface area contributed by atoms with Crippen molar-refractivity contribution in [1.82, 2.24) is 4.90 Å². The molecule has 2 unspecified atom stereocenters. The zero-order chi connectivity index (χ0) is 18.2. The van der Waals surface area contributed by atoms with Crippen molar-refractivity contribution < 1.29 is 14.3 Å². The third-order valence-corrected chi connectivity index (χ3v) is 4.44. The molecule has 0 heterocycles. The molecule has 0 aliphatic heterocycles. The zero-order valence-corrected chi connectivity index (χ0v) is 15.0. The second-order valence-corrected chi connectivity index (χ2v) is 6.14. The van der Waals surface area contributed by atoms with Crippen molar-refractivity contribution in [3.8, 4) is 0 Å². The molecule has 0 spiro atoms. The molecule has 0 fully saturated rings. The summed E-state index contributed by atoms with van der Waals surface area (Å²) in [4.78, 5) is 27.2. The molecule has 0 saturated carbocycles. The minimum absolute atomic E-state index is 0.0103. The van der Waals surface area contributed by atoms with Crippen LogP contribution in [-0.2, 0) is 16.1 Å². The fourth-order valence-electron chi connectivity index (χ4n) is 2.83. The van der Waals surface area contributed by atoms with Crippen LogP contribution < -0.4 is 0 Å². The number of rotatable bonds is 7. The number of hydrogen-bond donors (Lipinski definition) is 0. The lowest BCUT2D eigenvalue weighted by molar-refractivity contribution is -0.148. The van der Waals surface area contributed by atoms with Crippen molar-refractivity contribution >= 4 is 11.9 Å². The predicted molar refractivity (Wildman–Crippen MR) is 98.0 cm³/mol. The van der Waals surface area contributed by atoms with Gasteiger partial charge in [-0.3, -0.25) is 4.79 Å². The maximum absolute atomic E-state index is 13.1. The molecular weight excluding hydrogens is 314 g/mol. The Kier molecular flexibility index (Phi) is 6.75. The van der Waals surface area contributed by atoms with E-state index in [1.54, 1.807) is 17.0 Å². The van der Waals surface area contributed by atoms with E-state index in [9.17, 15) is 9.59 Å². The molecular formula is C21H25NO3. The van der Waals surface area contributed by atoms with Gasteiger partial charge in [-0.2, -0.15) is 0 Å². The average Bonchev–Trinajstić information content (AvgIpc) is 2.67. The highest BCUT2D eigenvalue weighted by Gasteiger charge is 2.35. The lowest BCUT2D eigenvalue weighted by Gasteiger charge is -2.33. The number of hydrogen-bond acceptors (Lipinski definition) is 3. The highest BCUT2D eigenvalue weighted by Crippen LogP contribution is 2.22. The Morgan fingerprint density at radius 1 is 1.00 bits per heavy atom. The van der Waals surface area contributed by atoms with Crippen molar-refractivity contribution in [2.24, 2.45) is 5.92 Å². The molecule has 2 aromatic carbocycles. The van der Waals surface area contributed by atoms with Crippen LogP contribution in [0.3, 0.4) is 0 Å². The maximum Gasteiger partial charge on any atom is 0.328 e. The van der Waals surface area contributed by atoms with Crippen molar-refractivity contribution in [1.29, 1.82) is 0 Å². The third kappa shape index (κ3) is 4.69. The number of ether oxygens (including phenoxy) is 1. The lowest BCUT2D eigenvalue weighted by atomic mass is 9.96. The first kappa shape index (κ1) is 18.7. The molecule has 0 aliphatic carbocycles. The highest BCUT2D eigenvalue weighted by atomic mass is 16.5. The summed E-state index contributed by atoms with van der Waals surface area (Å²) in [7, 11) is 1.37. The second-order valence-electron chi connectivity index (χ2n) is 6.14. The van der Waals surface area contributed by atoms with Crippen molar-refractivity contribution in [3.05, 3.63) is 71.8 Å². The second kappa shape index (κ2) is 9.02. The van der Waals surface area contributed by atoms with Gasteiger partial charge >= 0.3 is 5.97 Å². The van der Waals surface area contributed by atoms with E-state index in [-0.39, 0.29) is 17.8 Å². The van der Waals surface area contributed by atoms with Gasteiger partial charge in [0.1, 0.15) is 6.04 Å². The van der Waals surface area contributed by atoms with Crippen LogP contribution in [0.15, 0.2) is 60.7 Å². The van der Waals surface area contributed by atoms with Gasteiger partial charge in [0.05, 0.1) is 7.11 Å². The molecule has 25 heavy (non-hydrogen) atoms. The summed E-state index contributed by atoms with van der Waals surface area (Å²) in [6.07, 6.45) is 0.771. The van der Waals surface area contributed by atoms with Gasteiger partial charge in [-0.15, -0.1) is 0 Å². The molecule has 4 nitrogen and oxygen atoms in total. The van der Waals surface area contributed by atoms with Gasteiger partial charge in [0.15, 0.2) is 0 Å². The van der Waals surface area contributed by atoms with E-state index < -0.39 is 6.04 Å². The predicted octanol–water partition coefficient (Wildman–Crippen LogP) is 3.92. The van der Waals surface area contributed by atoms with Crippen LogP contribution in [0, 0.1) is 5.92 Å². The Hall–Kier alpha value is -2.62. The van der Waals surface area contributed by atoms with Crippen molar-refractivity contribution in [2.75, 3.05) is 7.11 Å². The Labute approximate surface area is 149 Å². The first-order valence-corrected chi connectivity index (χ1v) is 8.56. The monoisotopic (exact) mass is 339 g/mol. The van der Waals surface area contributed by atoms with Crippen LogP contribution in [-0.4, -0.2) is 29.9 Å². The Morgan fingerprint density at radius 3 is 2.08 bits per heavy atom. The summed E-state index contributed by atoms with van der Waals surface area (Å²) < 4.78 is 5.01. The smallest absolute Gasteiger partial charge is 0.328 e. The molecule has 1 amide bonds. The number of nitrogens with zero attached hydrogens (tertiary/aromatic N) is 1. The molecule has 0 radical (unpaired) electrons. The minimum atomic E-state index is -0.622. The van der Waals surface area contributed by atoms with Gasteiger partial charge in [0.25, 0.3) is 5.91 Å². The SMILES string of the molecule is CCC(C)C(C(=O)OC)N(Cc1ccccc1)C(=O)c1ccccc1. The van der Waals surface area contributed by atoms with Gasteiger partial charge < -0.3 is 9.64 Å². The quantitative estimate of drug-likeness (QED) is 0.718. The maximum atomic E-state index is 13.1. The van der Waals surface area contributed by atoms with Crippen molar-refractivity contribution in [3.63, 3.8) is 0 Å². The van der Waals surface area contributed by atoms with E-state index in [2.05, 4.69) is 0 Å². The molecule has 0 N–H and O–H groups in total. The summed E-state index contributed by atoms with van der Waals surface area (Å²) in [5.74, 6) is -0.557. The molecule has 0 saturated heterocycles. The van der Waals surface area contributed by atoms with E-state index in [4.69, 9.17) is 4.74 Å². The summed E-state index contributed by atoms with van der Waals surface area (Å²) in [6.45, 7) is 4.34. The first-order valence-electron chi connectivity index (χ1n) is 8.56. The molecule has 2 aromatic rings. The fourth-order valence-corrected chi connectivity index (χ4v) is 2.83. The molecule has 2 rings (SSSR count). The van der Waals surface area contributed by atoms with E-state index in [1.165, 1.54) is 7.11 Å². The zero-order valence-electron chi connectivity index (χ0n) is 15.0. The number of esters is 1. The van der Waals surface area contributed by atoms with E-state index in [1.807, 2.05) is 62.4 Å². The minimum Gasteiger partial charge on any atom is -0.467 e. The van der Waals surface area contributed by atoms with Gasteiger partial charge in [-0.1, -0.05) is 68.8 Å². The first-order chi connectivity index (χ1) is 12.1. The number of methoxy groups -OCH3 is 1. The van der Waals surface area contributed by atoms with Crippen LogP contribution in [0.25, 0.3) is 0 Å². The van der Waals surface area contributed by atoms with Crippen LogP contribution in [0.1, 0.15) is 36.2 Å². The van der Waals surface area contributed by atoms with Gasteiger partial charge in [-0.05, 0) is 23.6 Å². The van der Waals surface area contributed by atoms with Crippen LogP contribution in [0.4, 0.5) is 0 Å². The van der Waals surface area contributed by atoms with Gasteiger partial charge in [-0.25, -0.2) is 4.79 Å². The molecule has 2 atom stereocenters. The van der Waals surface area contributed by atoms with Gasteiger partial charge in [0.2, 0.25) is 0 Å². The van der Waals surface area contributed by atoms with Crippen LogP contribution in [0.5, 0.6) is 0 Å². The highest BCUT2D eigenvalue weighted by molar-refractivity contribution is 5.96. The van der Waals surface area contributed by atoms with E-state index in [0.717, 1.165) is 12.0 Å². The normalized spacial score (nSPS) is 12.9. The summed E-state index contributed by atoms with van der Waals surface area (Å²) in [6, 6.07) is 18.1. The third-order valence-electron chi connectivity index (χ3n) is 4.44. The topological polar surface area (TPSA) is 46.6 Å².